The standard InChI is InChI=1S/C12H18O2/c1-8-9-4-3-5-11(14)12(9,2)7-6-10(8)13/h11,14H,3-7H2,1-2H3/t11-,12?/m1/s1. The van der Waals surface area contributed by atoms with E-state index >= 15 is 0 Å². The van der Waals surface area contributed by atoms with Crippen molar-refractivity contribution >= 4 is 5.78 Å². The molecule has 1 saturated carbocycles. The molecule has 0 heterocycles. The fourth-order valence-corrected chi connectivity index (χ4v) is 2.94. The highest BCUT2D eigenvalue weighted by Gasteiger charge is 2.43. The van der Waals surface area contributed by atoms with E-state index in [0.29, 0.717) is 6.42 Å². The maximum Gasteiger partial charge on any atom is 0.158 e. The van der Waals surface area contributed by atoms with Gasteiger partial charge >= 0.3 is 0 Å². The van der Waals surface area contributed by atoms with Crippen molar-refractivity contribution in [3.8, 4) is 0 Å². The Kier molecular flexibility index (Phi) is 2.26. The molecule has 2 aliphatic rings. The third-order valence-electron chi connectivity index (χ3n) is 4.07. The Labute approximate surface area is 85.0 Å². The van der Waals surface area contributed by atoms with E-state index in [1.807, 2.05) is 6.92 Å². The fraction of sp³-hybridized carbons (Fsp3) is 0.750. The Bertz CT molecular complexity index is 303. The summed E-state index contributed by atoms with van der Waals surface area (Å²) < 4.78 is 0. The van der Waals surface area contributed by atoms with Gasteiger partial charge in [-0.1, -0.05) is 12.5 Å². The number of ketones is 1. The topological polar surface area (TPSA) is 37.3 Å². The third kappa shape index (κ3) is 1.24. The van der Waals surface area contributed by atoms with Crippen LogP contribution in [0.4, 0.5) is 0 Å². The molecule has 2 heteroatoms. The van der Waals surface area contributed by atoms with E-state index < -0.39 is 0 Å². The maximum absolute atomic E-state index is 11.6. The molecule has 0 spiro atoms. The van der Waals surface area contributed by atoms with E-state index in [-0.39, 0.29) is 17.3 Å². The summed E-state index contributed by atoms with van der Waals surface area (Å²) >= 11 is 0. The van der Waals surface area contributed by atoms with Crippen molar-refractivity contribution in [3.05, 3.63) is 11.1 Å². The van der Waals surface area contributed by atoms with Crippen molar-refractivity contribution in [2.45, 2.75) is 52.1 Å². The van der Waals surface area contributed by atoms with E-state index in [2.05, 4.69) is 6.92 Å². The van der Waals surface area contributed by atoms with Gasteiger partial charge in [0.15, 0.2) is 5.78 Å². The first-order valence-corrected chi connectivity index (χ1v) is 5.47. The highest BCUT2D eigenvalue weighted by molar-refractivity contribution is 5.96. The molecular weight excluding hydrogens is 176 g/mol. The molecule has 1 N–H and O–H groups in total. The van der Waals surface area contributed by atoms with Crippen LogP contribution in [0.25, 0.3) is 0 Å². The van der Waals surface area contributed by atoms with Gasteiger partial charge in [-0.3, -0.25) is 4.79 Å². The Hall–Kier alpha value is -0.630. The number of hydrogen-bond acceptors (Lipinski definition) is 2. The normalized spacial score (nSPS) is 38.5. The summed E-state index contributed by atoms with van der Waals surface area (Å²) in [4.78, 5) is 11.6. The minimum atomic E-state index is -0.241. The molecule has 2 nitrogen and oxygen atoms in total. The van der Waals surface area contributed by atoms with Gasteiger partial charge in [-0.15, -0.1) is 0 Å². The van der Waals surface area contributed by atoms with Crippen LogP contribution in [0.15, 0.2) is 11.1 Å². The molecule has 2 atom stereocenters. The van der Waals surface area contributed by atoms with Crippen molar-refractivity contribution in [2.75, 3.05) is 0 Å². The summed E-state index contributed by atoms with van der Waals surface area (Å²) in [6, 6.07) is 0. The highest BCUT2D eigenvalue weighted by Crippen LogP contribution is 2.48. The number of aliphatic hydroxyl groups is 1. The summed E-state index contributed by atoms with van der Waals surface area (Å²) in [6.07, 6.45) is 4.13. The first kappa shape index (κ1) is 9.91. The number of carbonyl (C=O) groups excluding carboxylic acids is 1. The first-order valence-electron chi connectivity index (χ1n) is 5.47. The summed E-state index contributed by atoms with van der Waals surface area (Å²) in [5.41, 5.74) is 2.06. The highest BCUT2D eigenvalue weighted by atomic mass is 16.3. The van der Waals surface area contributed by atoms with Gasteiger partial charge in [-0.25, -0.2) is 0 Å². The molecule has 1 fully saturated rings. The largest absolute Gasteiger partial charge is 0.392 e. The fourth-order valence-electron chi connectivity index (χ4n) is 2.94. The van der Waals surface area contributed by atoms with Crippen LogP contribution in [0.2, 0.25) is 0 Å². The number of aliphatic hydroxyl groups excluding tert-OH is 1. The Morgan fingerprint density at radius 1 is 1.43 bits per heavy atom. The SMILES string of the molecule is CC1=C2CCC[C@@H](O)C2(C)CCC1=O. The lowest BCUT2D eigenvalue weighted by atomic mass is 9.62. The molecule has 0 saturated heterocycles. The van der Waals surface area contributed by atoms with E-state index in [4.69, 9.17) is 0 Å². The number of carbonyl (C=O) groups is 1. The van der Waals surface area contributed by atoms with Crippen LogP contribution in [-0.2, 0) is 4.79 Å². The summed E-state index contributed by atoms with van der Waals surface area (Å²) in [7, 11) is 0. The number of rotatable bonds is 0. The molecular formula is C12H18O2. The van der Waals surface area contributed by atoms with Crippen molar-refractivity contribution in [3.63, 3.8) is 0 Å². The Morgan fingerprint density at radius 3 is 2.86 bits per heavy atom. The van der Waals surface area contributed by atoms with Gasteiger partial charge in [0.25, 0.3) is 0 Å². The molecule has 14 heavy (non-hydrogen) atoms. The summed E-state index contributed by atoms with van der Waals surface area (Å²) in [5, 5.41) is 10.0. The van der Waals surface area contributed by atoms with Crippen LogP contribution in [-0.4, -0.2) is 17.0 Å². The minimum Gasteiger partial charge on any atom is -0.392 e. The molecule has 0 aromatic rings. The van der Waals surface area contributed by atoms with Crippen LogP contribution in [0.5, 0.6) is 0 Å². The van der Waals surface area contributed by atoms with Crippen molar-refractivity contribution in [1.29, 1.82) is 0 Å². The van der Waals surface area contributed by atoms with Gasteiger partial charge in [-0.2, -0.15) is 0 Å². The second-order valence-corrected chi connectivity index (χ2v) is 4.85. The van der Waals surface area contributed by atoms with Crippen LogP contribution in [0.1, 0.15) is 46.0 Å². The van der Waals surface area contributed by atoms with Crippen molar-refractivity contribution in [2.24, 2.45) is 5.41 Å². The second kappa shape index (κ2) is 3.20. The lowest BCUT2D eigenvalue weighted by Crippen LogP contribution is -2.41. The van der Waals surface area contributed by atoms with Gasteiger partial charge < -0.3 is 5.11 Å². The number of allylic oxidation sites excluding steroid dienone is 1. The number of Topliss-reactive ketones (excluding diaryl/α,β-unsaturated/α-hetero) is 1. The van der Waals surface area contributed by atoms with Crippen molar-refractivity contribution < 1.29 is 9.90 Å². The molecule has 2 aliphatic carbocycles. The van der Waals surface area contributed by atoms with Crippen LogP contribution >= 0.6 is 0 Å². The predicted octanol–water partition coefficient (Wildman–Crippen LogP) is 2.22. The van der Waals surface area contributed by atoms with Gasteiger partial charge in [0.1, 0.15) is 0 Å². The monoisotopic (exact) mass is 194 g/mol. The van der Waals surface area contributed by atoms with E-state index in [0.717, 1.165) is 31.3 Å². The molecule has 0 bridgehead atoms. The quantitative estimate of drug-likeness (QED) is 0.642. The lowest BCUT2D eigenvalue weighted by Gasteiger charge is -2.44. The molecule has 78 valence electrons. The predicted molar refractivity (Wildman–Crippen MR) is 54.9 cm³/mol. The van der Waals surface area contributed by atoms with E-state index in [9.17, 15) is 9.90 Å². The lowest BCUT2D eigenvalue weighted by molar-refractivity contribution is -0.117. The van der Waals surface area contributed by atoms with Crippen molar-refractivity contribution in [1.82, 2.24) is 0 Å². The smallest absolute Gasteiger partial charge is 0.158 e. The molecule has 0 aliphatic heterocycles. The van der Waals surface area contributed by atoms with Crippen LogP contribution < -0.4 is 0 Å². The average Bonchev–Trinajstić information content (AvgIpc) is 2.16. The summed E-state index contributed by atoms with van der Waals surface area (Å²) in [6.45, 7) is 4.04. The molecule has 0 radical (unpaired) electrons. The molecule has 0 amide bonds. The zero-order valence-corrected chi connectivity index (χ0v) is 8.97. The second-order valence-electron chi connectivity index (χ2n) is 4.85. The third-order valence-corrected chi connectivity index (χ3v) is 4.07. The van der Waals surface area contributed by atoms with Gasteiger partial charge in [0.2, 0.25) is 0 Å². The molecule has 1 unspecified atom stereocenters. The Morgan fingerprint density at radius 2 is 2.14 bits per heavy atom. The van der Waals surface area contributed by atoms with E-state index in [1.165, 1.54) is 5.57 Å². The van der Waals surface area contributed by atoms with Gasteiger partial charge in [0, 0.05) is 11.8 Å². The Balaban J connectivity index is 2.45. The zero-order chi connectivity index (χ0) is 10.3. The maximum atomic E-state index is 11.6. The minimum absolute atomic E-state index is 0.101. The van der Waals surface area contributed by atoms with Crippen LogP contribution in [0.3, 0.4) is 0 Å². The molecule has 0 aromatic heterocycles. The van der Waals surface area contributed by atoms with Gasteiger partial charge in [0.05, 0.1) is 6.10 Å². The first-order chi connectivity index (χ1) is 6.55. The summed E-state index contributed by atoms with van der Waals surface area (Å²) in [5.74, 6) is 0.284. The van der Waals surface area contributed by atoms with Gasteiger partial charge in [-0.05, 0) is 38.2 Å². The number of hydrogen-bond donors (Lipinski definition) is 1. The molecule has 2 rings (SSSR count). The van der Waals surface area contributed by atoms with E-state index in [1.54, 1.807) is 0 Å². The zero-order valence-electron chi connectivity index (χ0n) is 8.97. The van der Waals surface area contributed by atoms with Crippen LogP contribution in [0, 0.1) is 5.41 Å². The molecule has 0 aromatic carbocycles. The average molecular weight is 194 g/mol. The number of fused-ring (bicyclic) bond motifs is 1.